The molecule has 2 rings (SSSR count). The number of ether oxygens (including phenoxy) is 3. The smallest absolute Gasteiger partial charge is 0.187 e. The zero-order valence-corrected chi connectivity index (χ0v) is 11.8. The van der Waals surface area contributed by atoms with E-state index in [1.165, 1.54) is 6.92 Å². The molecule has 2 aliphatic heterocycles. The number of rotatable bonds is 3. The maximum Gasteiger partial charge on any atom is 0.187 e. The van der Waals surface area contributed by atoms with Crippen molar-refractivity contribution >= 4 is 0 Å². The molecule has 10 nitrogen and oxygen atoms in total. The topological polar surface area (TPSA) is 169 Å². The average molecular weight is 326 g/mol. The highest BCUT2D eigenvalue weighted by Crippen LogP contribution is 2.28. The van der Waals surface area contributed by atoms with Crippen molar-refractivity contribution in [1.82, 2.24) is 0 Å². The lowest BCUT2D eigenvalue weighted by atomic mass is 9.97. The second kappa shape index (κ2) is 7.01. The zero-order chi connectivity index (χ0) is 16.6. The van der Waals surface area contributed by atoms with E-state index in [0.717, 1.165) is 0 Å². The third-order valence-corrected chi connectivity index (χ3v) is 3.94. The van der Waals surface area contributed by atoms with Gasteiger partial charge in [-0.1, -0.05) is 0 Å². The van der Waals surface area contributed by atoms with Crippen LogP contribution in [0.4, 0.5) is 0 Å². The van der Waals surface area contributed by atoms with Crippen molar-refractivity contribution in [3.63, 3.8) is 0 Å². The van der Waals surface area contributed by atoms with Crippen molar-refractivity contribution in [2.24, 2.45) is 0 Å². The fraction of sp³-hybridized carbons (Fsp3) is 1.00. The molecule has 0 aliphatic carbocycles. The molecule has 0 saturated carbocycles. The summed E-state index contributed by atoms with van der Waals surface area (Å²) in [4.78, 5) is 0. The highest BCUT2D eigenvalue weighted by atomic mass is 16.7. The quantitative estimate of drug-likeness (QED) is 0.269. The third kappa shape index (κ3) is 3.26. The molecule has 2 aliphatic rings. The molecular weight excluding hydrogens is 304 g/mol. The molecule has 0 bridgehead atoms. The number of aliphatic hydroxyl groups is 7. The summed E-state index contributed by atoms with van der Waals surface area (Å²) in [6.07, 6.45) is -14.3. The molecule has 0 unspecified atom stereocenters. The van der Waals surface area contributed by atoms with E-state index < -0.39 is 68.0 Å². The van der Waals surface area contributed by atoms with Crippen molar-refractivity contribution < 1.29 is 50.0 Å². The molecule has 0 radical (unpaired) electrons. The van der Waals surface area contributed by atoms with Crippen molar-refractivity contribution in [3.05, 3.63) is 0 Å². The summed E-state index contributed by atoms with van der Waals surface area (Å²) in [5.41, 5.74) is 0. The Hall–Kier alpha value is -0.400. The predicted octanol–water partition coefficient (Wildman–Crippen LogP) is -4.37. The van der Waals surface area contributed by atoms with Crippen LogP contribution in [0.3, 0.4) is 0 Å². The summed E-state index contributed by atoms with van der Waals surface area (Å²) in [7, 11) is 0. The highest BCUT2D eigenvalue weighted by Gasteiger charge is 2.49. The SMILES string of the molecule is C[C@@H]1O[C@@H](O)[C@H](O)[C@H](O[C@H]2O[C@H](CO)[C@H](O)[C@H](O)[C@H]2O)[C@H]1O. The van der Waals surface area contributed by atoms with Gasteiger partial charge >= 0.3 is 0 Å². The molecule has 10 heteroatoms. The molecule has 130 valence electrons. The van der Waals surface area contributed by atoms with E-state index in [0.29, 0.717) is 0 Å². The van der Waals surface area contributed by atoms with Crippen LogP contribution in [0.5, 0.6) is 0 Å². The largest absolute Gasteiger partial charge is 0.394 e. The second-order valence-electron chi connectivity index (χ2n) is 5.51. The van der Waals surface area contributed by atoms with Crippen molar-refractivity contribution in [2.75, 3.05) is 6.61 Å². The minimum absolute atomic E-state index is 0.636. The Labute approximate surface area is 126 Å². The Balaban J connectivity index is 2.10. The van der Waals surface area contributed by atoms with E-state index in [1.54, 1.807) is 0 Å². The van der Waals surface area contributed by atoms with Gasteiger partial charge in [0, 0.05) is 0 Å². The van der Waals surface area contributed by atoms with Gasteiger partial charge in [0.2, 0.25) is 0 Å². The molecular formula is C12H22O10. The molecule has 0 amide bonds. The Morgan fingerprint density at radius 3 is 2.05 bits per heavy atom. The molecule has 7 N–H and O–H groups in total. The number of hydrogen-bond donors (Lipinski definition) is 7. The minimum atomic E-state index is -1.67. The zero-order valence-electron chi connectivity index (χ0n) is 11.8. The van der Waals surface area contributed by atoms with Gasteiger partial charge in [-0.05, 0) is 6.92 Å². The summed E-state index contributed by atoms with van der Waals surface area (Å²) in [5.74, 6) is 0. The van der Waals surface area contributed by atoms with Gasteiger partial charge in [0.15, 0.2) is 12.6 Å². The third-order valence-electron chi connectivity index (χ3n) is 3.94. The van der Waals surface area contributed by atoms with Crippen LogP contribution in [-0.2, 0) is 14.2 Å². The lowest BCUT2D eigenvalue weighted by Gasteiger charge is -2.44. The molecule has 0 aromatic rings. The number of aliphatic hydroxyl groups excluding tert-OH is 7. The van der Waals surface area contributed by atoms with E-state index in [9.17, 15) is 30.6 Å². The van der Waals surface area contributed by atoms with Gasteiger partial charge in [-0.25, -0.2) is 0 Å². The van der Waals surface area contributed by atoms with Gasteiger partial charge in [0.05, 0.1) is 12.7 Å². The Bertz CT molecular complexity index is 352. The second-order valence-corrected chi connectivity index (χ2v) is 5.51. The van der Waals surface area contributed by atoms with Gasteiger partial charge in [0.25, 0.3) is 0 Å². The van der Waals surface area contributed by atoms with Crippen molar-refractivity contribution in [2.45, 2.75) is 68.3 Å². The lowest BCUT2D eigenvalue weighted by Crippen LogP contribution is -2.63. The van der Waals surface area contributed by atoms with E-state index >= 15 is 0 Å². The monoisotopic (exact) mass is 326 g/mol. The van der Waals surface area contributed by atoms with Crippen LogP contribution in [0.2, 0.25) is 0 Å². The highest BCUT2D eigenvalue weighted by molar-refractivity contribution is 4.92. The lowest BCUT2D eigenvalue weighted by molar-refractivity contribution is -0.353. The first-order chi connectivity index (χ1) is 10.3. The van der Waals surface area contributed by atoms with Crippen LogP contribution in [0.1, 0.15) is 6.92 Å². The minimum Gasteiger partial charge on any atom is -0.394 e. The van der Waals surface area contributed by atoms with E-state index in [4.69, 9.17) is 19.3 Å². The van der Waals surface area contributed by atoms with E-state index in [1.807, 2.05) is 0 Å². The number of hydrogen-bond acceptors (Lipinski definition) is 10. The first-order valence-corrected chi connectivity index (χ1v) is 6.93. The van der Waals surface area contributed by atoms with Crippen LogP contribution >= 0.6 is 0 Å². The van der Waals surface area contributed by atoms with E-state index in [2.05, 4.69) is 0 Å². The molecule has 2 saturated heterocycles. The maximum absolute atomic E-state index is 9.96. The summed E-state index contributed by atoms with van der Waals surface area (Å²) >= 11 is 0. The van der Waals surface area contributed by atoms with Gasteiger partial charge in [0.1, 0.15) is 42.7 Å². The summed E-state index contributed by atoms with van der Waals surface area (Å²) in [6, 6.07) is 0. The molecule has 22 heavy (non-hydrogen) atoms. The first kappa shape index (κ1) is 17.9. The summed E-state index contributed by atoms with van der Waals surface area (Å²) in [5, 5.41) is 67.6. The van der Waals surface area contributed by atoms with Crippen LogP contribution in [-0.4, -0.2) is 104 Å². The molecule has 0 aromatic carbocycles. The van der Waals surface area contributed by atoms with Gasteiger partial charge in [-0.15, -0.1) is 0 Å². The van der Waals surface area contributed by atoms with Gasteiger partial charge in [-0.3, -0.25) is 0 Å². The molecule has 2 heterocycles. The van der Waals surface area contributed by atoms with Crippen LogP contribution in [0.25, 0.3) is 0 Å². The van der Waals surface area contributed by atoms with Gasteiger partial charge in [-0.2, -0.15) is 0 Å². The van der Waals surface area contributed by atoms with Crippen LogP contribution < -0.4 is 0 Å². The van der Waals surface area contributed by atoms with Crippen LogP contribution in [0.15, 0.2) is 0 Å². The molecule has 0 spiro atoms. The Kier molecular flexibility index (Phi) is 5.72. The fourth-order valence-electron chi connectivity index (χ4n) is 2.51. The Morgan fingerprint density at radius 1 is 0.818 bits per heavy atom. The molecule has 0 aromatic heterocycles. The first-order valence-electron chi connectivity index (χ1n) is 6.93. The fourth-order valence-corrected chi connectivity index (χ4v) is 2.51. The molecule has 2 fully saturated rings. The maximum atomic E-state index is 9.96. The van der Waals surface area contributed by atoms with Crippen molar-refractivity contribution in [3.8, 4) is 0 Å². The average Bonchev–Trinajstić information content (AvgIpc) is 2.49. The Morgan fingerprint density at radius 2 is 1.45 bits per heavy atom. The van der Waals surface area contributed by atoms with Gasteiger partial charge < -0.3 is 50.0 Å². The normalized spacial score (nSPS) is 53.5. The molecule has 10 atom stereocenters. The predicted molar refractivity (Wildman–Crippen MR) is 67.2 cm³/mol. The van der Waals surface area contributed by atoms with Crippen LogP contribution in [0, 0.1) is 0 Å². The van der Waals surface area contributed by atoms with Crippen molar-refractivity contribution in [1.29, 1.82) is 0 Å². The standard InChI is InChI=1S/C12H22O10/c1-3-5(14)10(9(18)11(19)20-3)22-12-8(17)7(16)6(15)4(2-13)21-12/h3-19H,2H2,1H3/t3-,4+,5-,6-,7-,8+,9+,10+,11+,12+/m0/s1. The van der Waals surface area contributed by atoms with E-state index in [-0.39, 0.29) is 0 Å². The summed E-state index contributed by atoms with van der Waals surface area (Å²) < 4.78 is 15.3. The summed E-state index contributed by atoms with van der Waals surface area (Å²) in [6.45, 7) is 0.812.